The topological polar surface area (TPSA) is 132 Å². The molecule has 0 radical (unpaired) electrons. The average molecular weight is 508 g/mol. The number of fused-ring (bicyclic) bond motifs is 2. The molecule has 3 aromatic rings. The van der Waals surface area contributed by atoms with Crippen molar-refractivity contribution < 1.29 is 40.6 Å². The van der Waals surface area contributed by atoms with Gasteiger partial charge in [0.2, 0.25) is 0 Å². The Labute approximate surface area is 197 Å². The standard InChI is InChI=1S/C21H18F2N4O7S/c1-24-35(29,30)26-15-4-2-3-12(18(15)23)9-27-20(28)34-16-8-17(33-19-25-5-6-32-19)14(22)7-13(16)21(27)10-31-11-21/h2-8,24,26H,9-11H2,1H3. The van der Waals surface area contributed by atoms with Crippen molar-refractivity contribution >= 4 is 22.0 Å². The van der Waals surface area contributed by atoms with Crippen LogP contribution in [0.3, 0.4) is 0 Å². The molecular weight excluding hydrogens is 490 g/mol. The minimum atomic E-state index is -3.97. The lowest BCUT2D eigenvalue weighted by Crippen LogP contribution is -2.63. The molecule has 2 aliphatic rings. The molecule has 3 heterocycles. The first-order valence-electron chi connectivity index (χ1n) is 10.2. The van der Waals surface area contributed by atoms with Crippen molar-refractivity contribution in [2.45, 2.75) is 12.1 Å². The Morgan fingerprint density at radius 2 is 2.06 bits per heavy atom. The van der Waals surface area contributed by atoms with E-state index in [4.69, 9.17) is 18.6 Å². The predicted octanol–water partition coefficient (Wildman–Crippen LogP) is 2.86. The number of ether oxygens (including phenoxy) is 3. The lowest BCUT2D eigenvalue weighted by molar-refractivity contribution is -0.143. The third kappa shape index (κ3) is 4.05. The zero-order chi connectivity index (χ0) is 24.8. The molecule has 1 aromatic heterocycles. The molecule has 0 aliphatic carbocycles. The summed E-state index contributed by atoms with van der Waals surface area (Å²) in [6.07, 6.45) is 1.55. The van der Waals surface area contributed by atoms with Gasteiger partial charge in [-0.2, -0.15) is 13.4 Å². The summed E-state index contributed by atoms with van der Waals surface area (Å²) in [6, 6.07) is 6.44. The van der Waals surface area contributed by atoms with E-state index < -0.39 is 33.5 Å². The van der Waals surface area contributed by atoms with Gasteiger partial charge in [0.25, 0.3) is 10.2 Å². The van der Waals surface area contributed by atoms with E-state index in [1.54, 1.807) is 0 Å². The molecule has 0 saturated carbocycles. The molecule has 184 valence electrons. The van der Waals surface area contributed by atoms with E-state index in [2.05, 4.69) is 9.71 Å². The van der Waals surface area contributed by atoms with Crippen LogP contribution in [0.4, 0.5) is 19.3 Å². The Bertz CT molecular complexity index is 1390. The molecule has 2 aliphatic heterocycles. The van der Waals surface area contributed by atoms with Crippen molar-refractivity contribution in [1.82, 2.24) is 14.6 Å². The maximum atomic E-state index is 15.1. The fraction of sp³-hybridized carbons (Fsp3) is 0.238. The van der Waals surface area contributed by atoms with Crippen LogP contribution in [-0.4, -0.2) is 44.7 Å². The van der Waals surface area contributed by atoms with E-state index in [-0.39, 0.29) is 48.6 Å². The number of hydrogen-bond donors (Lipinski definition) is 2. The molecule has 35 heavy (non-hydrogen) atoms. The van der Waals surface area contributed by atoms with Gasteiger partial charge in [-0.05, 0) is 12.1 Å². The second-order valence-electron chi connectivity index (χ2n) is 7.75. The van der Waals surface area contributed by atoms with Gasteiger partial charge < -0.3 is 18.6 Å². The summed E-state index contributed by atoms with van der Waals surface area (Å²) in [5.41, 5.74) is -1.11. The number of anilines is 1. The van der Waals surface area contributed by atoms with Crippen molar-refractivity contribution in [2.75, 3.05) is 25.0 Å². The summed E-state index contributed by atoms with van der Waals surface area (Å²) in [6.45, 7) is -0.261. The molecule has 0 atom stereocenters. The first-order chi connectivity index (χ1) is 16.7. The van der Waals surface area contributed by atoms with Crippen molar-refractivity contribution in [1.29, 1.82) is 0 Å². The monoisotopic (exact) mass is 508 g/mol. The van der Waals surface area contributed by atoms with E-state index in [0.29, 0.717) is 5.56 Å². The van der Waals surface area contributed by atoms with Gasteiger partial charge in [-0.25, -0.2) is 18.3 Å². The van der Waals surface area contributed by atoms with Crippen LogP contribution < -0.4 is 18.9 Å². The maximum Gasteiger partial charge on any atom is 0.416 e. The van der Waals surface area contributed by atoms with Crippen molar-refractivity contribution in [3.8, 4) is 17.6 Å². The highest BCUT2D eigenvalue weighted by molar-refractivity contribution is 7.90. The van der Waals surface area contributed by atoms with Crippen LogP contribution in [-0.2, 0) is 27.0 Å². The van der Waals surface area contributed by atoms with Crippen LogP contribution in [0.25, 0.3) is 0 Å². The molecule has 0 bridgehead atoms. The van der Waals surface area contributed by atoms with Gasteiger partial charge in [-0.1, -0.05) is 12.1 Å². The highest BCUT2D eigenvalue weighted by atomic mass is 32.2. The average Bonchev–Trinajstić information content (AvgIpc) is 3.30. The van der Waals surface area contributed by atoms with Crippen molar-refractivity contribution in [3.05, 3.63) is 65.6 Å². The number of rotatable bonds is 7. The van der Waals surface area contributed by atoms with Gasteiger partial charge in [-0.3, -0.25) is 9.62 Å². The molecule has 14 heteroatoms. The maximum absolute atomic E-state index is 15.1. The second-order valence-corrected chi connectivity index (χ2v) is 9.36. The van der Waals surface area contributed by atoms with Crippen LogP contribution in [0.5, 0.6) is 17.6 Å². The number of benzene rings is 2. The van der Waals surface area contributed by atoms with Gasteiger partial charge in [0.1, 0.15) is 17.6 Å². The third-order valence-corrected chi connectivity index (χ3v) is 6.70. The Kier molecular flexibility index (Phi) is 5.57. The predicted molar refractivity (Wildman–Crippen MR) is 115 cm³/mol. The molecule has 5 rings (SSSR count). The molecule has 2 N–H and O–H groups in total. The van der Waals surface area contributed by atoms with E-state index in [1.165, 1.54) is 48.7 Å². The number of amides is 1. The summed E-state index contributed by atoms with van der Waals surface area (Å²) < 4.78 is 78.7. The molecule has 1 amide bonds. The third-order valence-electron chi connectivity index (χ3n) is 5.68. The number of carbonyl (C=O) groups is 1. The van der Waals surface area contributed by atoms with Crippen LogP contribution in [0.2, 0.25) is 0 Å². The number of halogens is 2. The summed E-state index contributed by atoms with van der Waals surface area (Å²) in [5, 5.41) is 0. The largest absolute Gasteiger partial charge is 0.417 e. The molecule has 1 saturated heterocycles. The fourth-order valence-electron chi connectivity index (χ4n) is 3.85. The van der Waals surface area contributed by atoms with E-state index in [0.717, 1.165) is 6.07 Å². The van der Waals surface area contributed by atoms with E-state index in [1.807, 2.05) is 4.72 Å². The minimum absolute atomic E-state index is 0.0114. The molecule has 0 unspecified atom stereocenters. The first-order valence-corrected chi connectivity index (χ1v) is 11.7. The van der Waals surface area contributed by atoms with Crippen LogP contribution in [0.1, 0.15) is 11.1 Å². The van der Waals surface area contributed by atoms with E-state index in [9.17, 15) is 17.6 Å². The Hall–Kier alpha value is -3.75. The summed E-state index contributed by atoms with van der Waals surface area (Å²) in [4.78, 5) is 18.0. The molecule has 1 fully saturated rings. The van der Waals surface area contributed by atoms with Crippen LogP contribution in [0, 0.1) is 11.6 Å². The van der Waals surface area contributed by atoms with Crippen molar-refractivity contribution in [3.63, 3.8) is 0 Å². The number of hydrogen-bond acceptors (Lipinski definition) is 8. The minimum Gasteiger partial charge on any atom is -0.417 e. The Morgan fingerprint density at radius 3 is 2.71 bits per heavy atom. The number of carbonyl (C=O) groups excluding carboxylic acids is 1. The summed E-state index contributed by atoms with van der Waals surface area (Å²) >= 11 is 0. The smallest absolute Gasteiger partial charge is 0.416 e. The Balaban J connectivity index is 1.48. The quantitative estimate of drug-likeness (QED) is 0.498. The number of oxazole rings is 1. The molecular formula is C21H18F2N4O7S. The van der Waals surface area contributed by atoms with Gasteiger partial charge in [0.05, 0.1) is 31.6 Å². The highest BCUT2D eigenvalue weighted by Crippen LogP contribution is 2.47. The summed E-state index contributed by atoms with van der Waals surface area (Å²) in [5.74, 6) is -1.85. The van der Waals surface area contributed by atoms with Crippen LogP contribution >= 0.6 is 0 Å². The fourth-order valence-corrected chi connectivity index (χ4v) is 4.40. The number of nitrogens with zero attached hydrogens (tertiary/aromatic N) is 2. The zero-order valence-electron chi connectivity index (χ0n) is 18.1. The lowest BCUT2D eigenvalue weighted by Gasteiger charge is -2.51. The SMILES string of the molecule is CNS(=O)(=O)Nc1cccc(CN2C(=O)Oc3cc(Oc4ncco4)c(F)cc3C23COC3)c1F. The van der Waals surface area contributed by atoms with Gasteiger partial charge in [-0.15, -0.1) is 0 Å². The zero-order valence-corrected chi connectivity index (χ0v) is 18.9. The molecule has 11 nitrogen and oxygen atoms in total. The normalized spacial score (nSPS) is 16.4. The summed E-state index contributed by atoms with van der Waals surface area (Å²) in [7, 11) is -2.80. The Morgan fingerprint density at radius 1 is 1.26 bits per heavy atom. The van der Waals surface area contributed by atoms with Gasteiger partial charge in [0.15, 0.2) is 17.4 Å². The van der Waals surface area contributed by atoms with Crippen molar-refractivity contribution in [2.24, 2.45) is 0 Å². The van der Waals surface area contributed by atoms with Crippen LogP contribution in [0.15, 0.2) is 47.2 Å². The lowest BCUT2D eigenvalue weighted by atomic mass is 9.84. The van der Waals surface area contributed by atoms with Gasteiger partial charge in [0, 0.05) is 24.2 Å². The number of aromatic nitrogens is 1. The first kappa shape index (κ1) is 23.0. The van der Waals surface area contributed by atoms with E-state index >= 15 is 4.39 Å². The second kappa shape index (κ2) is 8.48. The molecule has 1 spiro atoms. The number of nitrogens with one attached hydrogen (secondary N) is 2. The highest BCUT2D eigenvalue weighted by Gasteiger charge is 2.54. The molecule has 2 aromatic carbocycles. The van der Waals surface area contributed by atoms with Gasteiger partial charge >= 0.3 is 12.2 Å².